The quantitative estimate of drug-likeness (QED) is 0.190. The summed E-state index contributed by atoms with van der Waals surface area (Å²) in [4.78, 5) is 40.3. The molecule has 0 aromatic heterocycles. The molecule has 1 saturated heterocycles. The van der Waals surface area contributed by atoms with Gasteiger partial charge in [-0.15, -0.1) is 0 Å². The minimum absolute atomic E-state index is 0.247. The molecule has 0 aromatic carbocycles. The summed E-state index contributed by atoms with van der Waals surface area (Å²) in [7, 11) is 0. The largest absolute Gasteiger partial charge is 0.480 e. The summed E-state index contributed by atoms with van der Waals surface area (Å²) in [6.45, 7) is 0.396. The molecule has 31 heavy (non-hydrogen) atoms. The van der Waals surface area contributed by atoms with E-state index in [1.165, 1.54) is 0 Å². The van der Waals surface area contributed by atoms with Crippen LogP contribution < -0.4 is 0 Å². The molecule has 0 aromatic rings. The molecule has 0 unspecified atom stereocenters. The first-order chi connectivity index (χ1) is 14.7. The number of aliphatic hydroxyl groups excluding tert-OH is 3. The Labute approximate surface area is 180 Å². The molecule has 0 amide bonds. The number of carboxylic acid groups (broad SMARTS) is 3. The van der Waals surface area contributed by atoms with Gasteiger partial charge in [0.25, 0.3) is 0 Å². The van der Waals surface area contributed by atoms with Gasteiger partial charge in [0.05, 0.1) is 45.0 Å². The number of hydrogen-bond acceptors (Lipinski definition) is 10. The van der Waals surface area contributed by atoms with Crippen molar-refractivity contribution in [3.63, 3.8) is 0 Å². The Morgan fingerprint density at radius 2 is 0.935 bits per heavy atom. The Morgan fingerprint density at radius 3 is 1.19 bits per heavy atom. The number of aliphatic hydroxyl groups is 3. The van der Waals surface area contributed by atoms with Crippen molar-refractivity contribution in [1.29, 1.82) is 0 Å². The van der Waals surface area contributed by atoms with Crippen LogP contribution in [-0.2, 0) is 14.4 Å². The number of nitrogens with zero attached hydrogens (tertiary/aromatic N) is 4. The van der Waals surface area contributed by atoms with Gasteiger partial charge in [0.15, 0.2) is 0 Å². The third-order valence-electron chi connectivity index (χ3n) is 5.24. The molecule has 0 aliphatic carbocycles. The zero-order valence-corrected chi connectivity index (χ0v) is 17.5. The van der Waals surface area contributed by atoms with Crippen molar-refractivity contribution in [2.24, 2.45) is 0 Å². The fraction of sp³-hybridized carbons (Fsp3) is 0.833. The lowest BCUT2D eigenvalue weighted by Gasteiger charge is -2.37. The molecule has 0 bridgehead atoms. The zero-order valence-electron chi connectivity index (χ0n) is 17.5. The smallest absolute Gasteiger partial charge is 0.317 e. The number of hydrogen-bond donors (Lipinski definition) is 6. The second-order valence-electron chi connectivity index (χ2n) is 7.55. The highest BCUT2D eigenvalue weighted by molar-refractivity contribution is 5.69. The fourth-order valence-electron chi connectivity index (χ4n) is 3.53. The molecule has 13 heteroatoms. The van der Waals surface area contributed by atoms with Crippen LogP contribution in [0, 0.1) is 0 Å². The highest BCUT2D eigenvalue weighted by atomic mass is 16.4. The van der Waals surface area contributed by atoms with Gasteiger partial charge in [0, 0.05) is 52.4 Å². The van der Waals surface area contributed by atoms with E-state index >= 15 is 0 Å². The average Bonchev–Trinajstić information content (AvgIpc) is 2.68. The molecular weight excluding hydrogens is 416 g/mol. The highest BCUT2D eigenvalue weighted by Gasteiger charge is 2.27. The van der Waals surface area contributed by atoms with Crippen molar-refractivity contribution in [2.45, 2.75) is 12.1 Å². The number of aliphatic carboxylic acids is 3. The standard InChI is InChI=1S/C18H34N4O9/c23-12-14(15(25)13-24)22-7-5-20(10-17(28)29)3-1-19(9-16(26)27)2-4-21(6-8-22)11-18(30)31/h14-15,23-25H,1-13H2,(H,26,27)(H,28,29)(H,30,31)/t14-,15-/m0/s1. The summed E-state index contributed by atoms with van der Waals surface area (Å²) < 4.78 is 0. The van der Waals surface area contributed by atoms with Crippen molar-refractivity contribution in [1.82, 2.24) is 19.6 Å². The molecule has 1 fully saturated rings. The maximum atomic E-state index is 11.2. The minimum atomic E-state index is -1.22. The maximum Gasteiger partial charge on any atom is 0.317 e. The Balaban J connectivity index is 3.05. The van der Waals surface area contributed by atoms with Gasteiger partial charge in [-0.05, 0) is 0 Å². The van der Waals surface area contributed by atoms with Gasteiger partial charge in [-0.3, -0.25) is 34.0 Å². The summed E-state index contributed by atoms with van der Waals surface area (Å²) in [5, 5.41) is 56.6. The van der Waals surface area contributed by atoms with E-state index in [2.05, 4.69) is 0 Å². The molecule has 13 nitrogen and oxygen atoms in total. The fourth-order valence-corrected chi connectivity index (χ4v) is 3.53. The van der Waals surface area contributed by atoms with Crippen molar-refractivity contribution in [2.75, 3.05) is 85.2 Å². The maximum absolute atomic E-state index is 11.2. The first kappa shape index (κ1) is 27.2. The van der Waals surface area contributed by atoms with Gasteiger partial charge in [0.2, 0.25) is 0 Å². The first-order valence-electron chi connectivity index (χ1n) is 10.1. The second-order valence-corrected chi connectivity index (χ2v) is 7.55. The Morgan fingerprint density at radius 1 is 0.613 bits per heavy atom. The summed E-state index contributed by atoms with van der Waals surface area (Å²) >= 11 is 0. The number of carbonyl (C=O) groups is 3. The molecule has 6 N–H and O–H groups in total. The van der Waals surface area contributed by atoms with Crippen molar-refractivity contribution < 1.29 is 45.0 Å². The first-order valence-corrected chi connectivity index (χ1v) is 10.1. The number of carboxylic acids is 3. The van der Waals surface area contributed by atoms with Gasteiger partial charge in [0.1, 0.15) is 0 Å². The summed E-state index contributed by atoms with van der Waals surface area (Å²) in [6, 6.07) is -0.796. The number of rotatable bonds is 10. The van der Waals surface area contributed by atoms with Crippen molar-refractivity contribution in [3.05, 3.63) is 0 Å². The molecule has 1 rings (SSSR count). The lowest BCUT2D eigenvalue weighted by molar-refractivity contribution is -0.140. The molecule has 2 atom stereocenters. The third kappa shape index (κ3) is 10.8. The Kier molecular flexibility index (Phi) is 12.5. The van der Waals surface area contributed by atoms with E-state index in [0.29, 0.717) is 0 Å². The predicted octanol–water partition coefficient (Wildman–Crippen LogP) is -3.82. The summed E-state index contributed by atoms with van der Waals surface area (Å²) in [6.07, 6.45) is -1.22. The van der Waals surface area contributed by atoms with Crippen LogP contribution in [0.15, 0.2) is 0 Å². The molecule has 0 radical (unpaired) electrons. The molecule has 180 valence electrons. The molecule has 0 saturated carbocycles. The highest BCUT2D eigenvalue weighted by Crippen LogP contribution is 2.08. The van der Waals surface area contributed by atoms with E-state index in [-0.39, 0.29) is 72.0 Å². The van der Waals surface area contributed by atoms with Crippen LogP contribution in [0.5, 0.6) is 0 Å². The van der Waals surface area contributed by atoms with E-state index in [1.54, 1.807) is 19.6 Å². The van der Waals surface area contributed by atoms with Crippen LogP contribution in [0.4, 0.5) is 0 Å². The average molecular weight is 450 g/mol. The molecule has 1 heterocycles. The van der Waals surface area contributed by atoms with Crippen LogP contribution in [0.3, 0.4) is 0 Å². The van der Waals surface area contributed by atoms with Crippen molar-refractivity contribution >= 4 is 17.9 Å². The SMILES string of the molecule is O=C(O)CN1CCN(CC(=O)O)CCN([C@@H](CO)[C@@H](O)CO)CCN(CC(=O)O)CC1. The van der Waals surface area contributed by atoms with Gasteiger partial charge in [-0.1, -0.05) is 0 Å². The monoisotopic (exact) mass is 450 g/mol. The lowest BCUT2D eigenvalue weighted by atomic mass is 10.1. The molecule has 1 aliphatic heterocycles. The molecule has 1 aliphatic rings. The summed E-state index contributed by atoms with van der Waals surface area (Å²) in [5.41, 5.74) is 0. The van der Waals surface area contributed by atoms with E-state index in [4.69, 9.17) is 5.11 Å². The summed E-state index contributed by atoms with van der Waals surface area (Å²) in [5.74, 6) is -3.10. The molecular formula is C18H34N4O9. The van der Waals surface area contributed by atoms with E-state index in [0.717, 1.165) is 0 Å². The molecule has 0 spiro atoms. The van der Waals surface area contributed by atoms with E-state index in [9.17, 15) is 39.9 Å². The van der Waals surface area contributed by atoms with E-state index in [1.807, 2.05) is 0 Å². The third-order valence-corrected chi connectivity index (χ3v) is 5.24. The van der Waals surface area contributed by atoms with Gasteiger partial charge in [-0.25, -0.2) is 0 Å². The van der Waals surface area contributed by atoms with Crippen molar-refractivity contribution in [3.8, 4) is 0 Å². The van der Waals surface area contributed by atoms with Crippen LogP contribution in [0.25, 0.3) is 0 Å². The Hall–Kier alpha value is -1.87. The lowest BCUT2D eigenvalue weighted by Crippen LogP contribution is -2.54. The second kappa shape index (κ2) is 14.2. The topological polar surface area (TPSA) is 186 Å². The normalized spacial score (nSPS) is 21.0. The van der Waals surface area contributed by atoms with Crippen LogP contribution in [0.2, 0.25) is 0 Å². The van der Waals surface area contributed by atoms with Crippen LogP contribution >= 0.6 is 0 Å². The predicted molar refractivity (Wildman–Crippen MR) is 108 cm³/mol. The zero-order chi connectivity index (χ0) is 23.4. The van der Waals surface area contributed by atoms with E-state index < -0.39 is 43.3 Å². The minimum Gasteiger partial charge on any atom is -0.480 e. The van der Waals surface area contributed by atoms with Gasteiger partial charge >= 0.3 is 17.9 Å². The Bertz CT molecular complexity index is 548. The van der Waals surface area contributed by atoms with Gasteiger partial charge in [-0.2, -0.15) is 0 Å². The van der Waals surface area contributed by atoms with Crippen LogP contribution in [0.1, 0.15) is 0 Å². The van der Waals surface area contributed by atoms with Crippen LogP contribution in [-0.4, -0.2) is 165 Å². The van der Waals surface area contributed by atoms with Gasteiger partial charge < -0.3 is 30.6 Å².